The average molecular weight is 351 g/mol. The van der Waals surface area contributed by atoms with Crippen molar-refractivity contribution in [3.8, 4) is 0 Å². The fraction of sp³-hybridized carbons (Fsp3) is 0.684. The zero-order valence-corrected chi connectivity index (χ0v) is 15.3. The smallest absolute Gasteiger partial charge is 0.276 e. The van der Waals surface area contributed by atoms with Gasteiger partial charge in [-0.05, 0) is 31.6 Å². The second-order valence-electron chi connectivity index (χ2n) is 6.67. The Kier molecular flexibility index (Phi) is 7.62. The normalized spacial score (nSPS) is 20.0. The lowest BCUT2D eigenvalue weighted by Crippen LogP contribution is -2.34. The van der Waals surface area contributed by atoms with Crippen LogP contribution in [0.3, 0.4) is 0 Å². The number of rotatable bonds is 9. The minimum Gasteiger partial charge on any atom is -0.383 e. The topological polar surface area (TPSA) is 56.1 Å². The van der Waals surface area contributed by atoms with Crippen LogP contribution in [-0.2, 0) is 4.74 Å². The predicted molar refractivity (Wildman–Crippen MR) is 99.8 cm³/mol. The van der Waals surface area contributed by atoms with Gasteiger partial charge in [-0.1, -0.05) is 32.9 Å². The van der Waals surface area contributed by atoms with Gasteiger partial charge in [-0.3, -0.25) is 4.79 Å². The maximum Gasteiger partial charge on any atom is 0.276 e. The molecule has 1 unspecified atom stereocenters. The Morgan fingerprint density at radius 2 is 2.36 bits per heavy atom. The lowest BCUT2D eigenvalue weighted by molar-refractivity contribution is 0.0595. The van der Waals surface area contributed by atoms with Gasteiger partial charge in [0.05, 0.1) is 30.1 Å². The van der Waals surface area contributed by atoms with Crippen molar-refractivity contribution in [1.82, 2.24) is 9.78 Å². The molecule has 0 bridgehead atoms. The molecule has 1 aliphatic rings. The summed E-state index contributed by atoms with van der Waals surface area (Å²) in [7, 11) is 0. The van der Waals surface area contributed by atoms with E-state index in [4.69, 9.17) is 4.74 Å². The summed E-state index contributed by atoms with van der Waals surface area (Å²) in [5.41, 5.74) is 0.828. The highest BCUT2D eigenvalue weighted by Gasteiger charge is 2.24. The summed E-state index contributed by atoms with van der Waals surface area (Å²) in [4.78, 5) is 12.8. The van der Waals surface area contributed by atoms with E-state index in [1.165, 1.54) is 10.8 Å². The van der Waals surface area contributed by atoms with Crippen LogP contribution in [-0.4, -0.2) is 35.7 Å². The number of alkyl halides is 1. The number of anilines is 1. The van der Waals surface area contributed by atoms with Crippen LogP contribution in [0.1, 0.15) is 57.6 Å². The first-order chi connectivity index (χ1) is 12.1. The third-order valence-corrected chi connectivity index (χ3v) is 4.79. The van der Waals surface area contributed by atoms with Gasteiger partial charge in [0.1, 0.15) is 6.17 Å². The molecular formula is C19H30FN3O2. The molecule has 0 aromatic carbocycles. The fourth-order valence-corrected chi connectivity index (χ4v) is 3.30. The standard InChI is InChI=1S/C19H30FN3O2/c1-4-8-18(16(20)6-3)23-19(24)15(5-2)17(12-22-23)21-11-14-9-7-10-25-13-14/h5,12,14,16,18,21H,2,4,6-11,13H2,1,3H3/t14-,16+,18?/m1/s1. The molecule has 0 aliphatic carbocycles. The SMILES string of the molecule is C=Cc1c(NC[C@H]2CCCOC2)cnn(C(CCC)[C@@H](F)CC)c1=O. The van der Waals surface area contributed by atoms with Crippen LogP contribution < -0.4 is 10.9 Å². The molecule has 0 spiro atoms. The number of ether oxygens (including phenoxy) is 1. The monoisotopic (exact) mass is 351 g/mol. The number of hydrogen-bond donors (Lipinski definition) is 1. The van der Waals surface area contributed by atoms with Crippen LogP contribution in [0.15, 0.2) is 17.6 Å². The van der Waals surface area contributed by atoms with Gasteiger partial charge in [-0.2, -0.15) is 5.10 Å². The molecule has 140 valence electrons. The Morgan fingerprint density at radius 1 is 1.56 bits per heavy atom. The number of nitrogens with zero attached hydrogens (tertiary/aromatic N) is 2. The van der Waals surface area contributed by atoms with Gasteiger partial charge in [-0.25, -0.2) is 9.07 Å². The lowest BCUT2D eigenvalue weighted by atomic mass is 10.0. The number of halogens is 1. The highest BCUT2D eigenvalue weighted by Crippen LogP contribution is 2.23. The molecule has 5 nitrogen and oxygen atoms in total. The second-order valence-corrected chi connectivity index (χ2v) is 6.67. The Labute approximate surface area is 149 Å². The van der Waals surface area contributed by atoms with E-state index < -0.39 is 12.2 Å². The van der Waals surface area contributed by atoms with Crippen molar-refractivity contribution in [2.45, 2.75) is 58.2 Å². The maximum atomic E-state index is 14.3. The molecular weight excluding hydrogens is 321 g/mol. The van der Waals surface area contributed by atoms with E-state index in [0.717, 1.165) is 39.0 Å². The van der Waals surface area contributed by atoms with Crippen molar-refractivity contribution in [2.75, 3.05) is 25.1 Å². The minimum atomic E-state index is -1.08. The predicted octanol–water partition coefficient (Wildman–Crippen LogP) is 3.81. The van der Waals surface area contributed by atoms with Gasteiger partial charge in [0.25, 0.3) is 5.56 Å². The summed E-state index contributed by atoms with van der Waals surface area (Å²) in [6.45, 7) is 9.82. The minimum absolute atomic E-state index is 0.283. The molecule has 1 aliphatic heterocycles. The van der Waals surface area contributed by atoms with Crippen molar-refractivity contribution in [2.24, 2.45) is 5.92 Å². The Morgan fingerprint density at radius 3 is 2.96 bits per heavy atom. The molecule has 6 heteroatoms. The van der Waals surface area contributed by atoms with Crippen LogP contribution >= 0.6 is 0 Å². The molecule has 1 aromatic heterocycles. The van der Waals surface area contributed by atoms with Gasteiger partial charge < -0.3 is 10.1 Å². The first-order valence-electron chi connectivity index (χ1n) is 9.32. The Hall–Kier alpha value is -1.69. The molecule has 1 fully saturated rings. The molecule has 2 rings (SSSR count). The van der Waals surface area contributed by atoms with Gasteiger partial charge in [0.15, 0.2) is 0 Å². The molecule has 1 N–H and O–H groups in total. The van der Waals surface area contributed by atoms with Gasteiger partial charge in [0, 0.05) is 13.2 Å². The molecule has 3 atom stereocenters. The third kappa shape index (κ3) is 4.91. The number of hydrogen-bond acceptors (Lipinski definition) is 4. The van der Waals surface area contributed by atoms with Crippen LogP contribution in [0.2, 0.25) is 0 Å². The van der Waals surface area contributed by atoms with Crippen LogP contribution in [0.4, 0.5) is 10.1 Å². The zero-order chi connectivity index (χ0) is 18.2. The van der Waals surface area contributed by atoms with Crippen molar-refractivity contribution in [3.05, 3.63) is 28.7 Å². The summed E-state index contributed by atoms with van der Waals surface area (Å²) in [5, 5.41) is 7.56. The zero-order valence-electron chi connectivity index (χ0n) is 15.3. The quantitative estimate of drug-likeness (QED) is 0.735. The summed E-state index contributed by atoms with van der Waals surface area (Å²) in [6, 6.07) is -0.526. The first-order valence-corrected chi connectivity index (χ1v) is 9.32. The maximum absolute atomic E-state index is 14.3. The summed E-state index contributed by atoms with van der Waals surface area (Å²) in [6.07, 6.45) is 5.99. The lowest BCUT2D eigenvalue weighted by Gasteiger charge is -2.24. The van der Waals surface area contributed by atoms with E-state index in [1.807, 2.05) is 6.92 Å². The average Bonchev–Trinajstić information content (AvgIpc) is 2.65. The van der Waals surface area contributed by atoms with Crippen molar-refractivity contribution < 1.29 is 9.13 Å². The van der Waals surface area contributed by atoms with Crippen molar-refractivity contribution in [1.29, 1.82) is 0 Å². The molecule has 25 heavy (non-hydrogen) atoms. The van der Waals surface area contributed by atoms with Crippen LogP contribution in [0, 0.1) is 5.92 Å². The van der Waals surface area contributed by atoms with Gasteiger partial charge in [0.2, 0.25) is 0 Å². The summed E-state index contributed by atoms with van der Waals surface area (Å²) in [5.74, 6) is 0.428. The van der Waals surface area contributed by atoms with E-state index in [9.17, 15) is 9.18 Å². The Balaban J connectivity index is 2.21. The molecule has 0 amide bonds. The van der Waals surface area contributed by atoms with E-state index in [1.54, 1.807) is 13.1 Å². The van der Waals surface area contributed by atoms with Crippen molar-refractivity contribution >= 4 is 11.8 Å². The van der Waals surface area contributed by atoms with Crippen LogP contribution in [0.5, 0.6) is 0 Å². The summed E-state index contributed by atoms with van der Waals surface area (Å²) < 4.78 is 21.1. The fourth-order valence-electron chi connectivity index (χ4n) is 3.30. The van der Waals surface area contributed by atoms with E-state index in [2.05, 4.69) is 17.0 Å². The van der Waals surface area contributed by atoms with Gasteiger partial charge in [-0.15, -0.1) is 0 Å². The Bertz CT molecular complexity index is 611. The van der Waals surface area contributed by atoms with Gasteiger partial charge >= 0.3 is 0 Å². The molecule has 0 radical (unpaired) electrons. The largest absolute Gasteiger partial charge is 0.383 e. The third-order valence-electron chi connectivity index (χ3n) is 4.79. The first kappa shape index (κ1) is 19.6. The molecule has 1 aromatic rings. The number of nitrogens with one attached hydrogen (secondary N) is 1. The molecule has 2 heterocycles. The second kappa shape index (κ2) is 9.70. The highest BCUT2D eigenvalue weighted by atomic mass is 19.1. The van der Waals surface area contributed by atoms with E-state index in [-0.39, 0.29) is 5.56 Å². The van der Waals surface area contributed by atoms with E-state index >= 15 is 0 Å². The van der Waals surface area contributed by atoms with Crippen LogP contribution in [0.25, 0.3) is 6.08 Å². The highest BCUT2D eigenvalue weighted by molar-refractivity contribution is 5.63. The summed E-state index contributed by atoms with van der Waals surface area (Å²) >= 11 is 0. The number of aromatic nitrogens is 2. The van der Waals surface area contributed by atoms with E-state index in [0.29, 0.717) is 30.0 Å². The van der Waals surface area contributed by atoms with Crippen molar-refractivity contribution in [3.63, 3.8) is 0 Å². The molecule has 1 saturated heterocycles. The molecule has 0 saturated carbocycles.